The van der Waals surface area contributed by atoms with E-state index in [0.717, 1.165) is 22.3 Å². The molecule has 0 atom stereocenters. The summed E-state index contributed by atoms with van der Waals surface area (Å²) < 4.78 is 17.1. The summed E-state index contributed by atoms with van der Waals surface area (Å²) in [5.74, 6) is -0.514. The van der Waals surface area contributed by atoms with Crippen LogP contribution in [0.2, 0.25) is 0 Å². The topological polar surface area (TPSA) is 85.2 Å². The minimum absolute atomic E-state index is 0.0484. The number of carbonyl (C=O) groups is 1. The van der Waals surface area contributed by atoms with Crippen LogP contribution in [0.1, 0.15) is 70.2 Å². The monoisotopic (exact) mass is 424 g/mol. The molecule has 0 radical (unpaired) electrons. The van der Waals surface area contributed by atoms with Gasteiger partial charge in [-0.3, -0.25) is 4.79 Å². The summed E-state index contributed by atoms with van der Waals surface area (Å²) >= 11 is 0. The van der Waals surface area contributed by atoms with Crippen LogP contribution < -0.4 is 0 Å². The zero-order chi connectivity index (χ0) is 21.6. The second-order valence-corrected chi connectivity index (χ2v) is 11.6. The van der Waals surface area contributed by atoms with E-state index in [4.69, 9.17) is 13.6 Å². The van der Waals surface area contributed by atoms with Crippen molar-refractivity contribution in [2.45, 2.75) is 71.6 Å². The molecule has 0 aromatic heterocycles. The smallest absolute Gasteiger partial charge is 0.332 e. The second kappa shape index (κ2) is 7.81. The first-order valence-electron chi connectivity index (χ1n) is 10.1. The lowest BCUT2D eigenvalue weighted by Gasteiger charge is -2.45. The largest absolute Gasteiger partial charge is 0.507 e. The van der Waals surface area contributed by atoms with Crippen LogP contribution >= 0.6 is 8.60 Å². The van der Waals surface area contributed by atoms with Crippen LogP contribution in [0.25, 0.3) is 0 Å². The number of aliphatic carboxylic acids is 1. The quantitative estimate of drug-likeness (QED) is 0.658. The molecule has 2 N–H and O–H groups in total. The van der Waals surface area contributed by atoms with E-state index in [0.29, 0.717) is 38.4 Å². The first-order chi connectivity index (χ1) is 13.3. The molecule has 0 unspecified atom stereocenters. The number of hydrogen-bond acceptors (Lipinski definition) is 5. The molecule has 0 aliphatic carbocycles. The Balaban J connectivity index is 2.17. The SMILES string of the molecule is CC(C)(C)c1cc(CCC(=O)O)c(CC23COP(OC2)OC3)c(C(C)(C)C)c1O. The van der Waals surface area contributed by atoms with Crippen LogP contribution in [0.15, 0.2) is 6.07 Å². The average molecular weight is 424 g/mol. The predicted molar refractivity (Wildman–Crippen MR) is 112 cm³/mol. The zero-order valence-electron chi connectivity index (χ0n) is 18.3. The van der Waals surface area contributed by atoms with Crippen LogP contribution in [0.4, 0.5) is 0 Å². The first-order valence-corrected chi connectivity index (χ1v) is 11.2. The Hall–Kier alpha value is -1.20. The molecule has 7 heteroatoms. The molecular formula is C22H33O6P. The van der Waals surface area contributed by atoms with E-state index in [-0.39, 0.29) is 22.7 Å². The van der Waals surface area contributed by atoms with E-state index >= 15 is 0 Å². The molecule has 3 aliphatic rings. The molecule has 1 aromatic rings. The predicted octanol–water partition coefficient (Wildman–Crippen LogP) is 4.84. The highest BCUT2D eigenvalue weighted by Crippen LogP contribution is 2.55. The highest BCUT2D eigenvalue weighted by atomic mass is 31.2. The van der Waals surface area contributed by atoms with Gasteiger partial charge in [0.1, 0.15) is 5.75 Å². The van der Waals surface area contributed by atoms with Crippen molar-refractivity contribution in [1.29, 1.82) is 0 Å². The highest BCUT2D eigenvalue weighted by molar-refractivity contribution is 7.41. The van der Waals surface area contributed by atoms with Crippen molar-refractivity contribution in [2.24, 2.45) is 5.41 Å². The third-order valence-electron chi connectivity index (χ3n) is 5.65. The van der Waals surface area contributed by atoms with E-state index in [1.165, 1.54) is 0 Å². The highest BCUT2D eigenvalue weighted by Gasteiger charge is 2.46. The summed E-state index contributed by atoms with van der Waals surface area (Å²) in [6.45, 7) is 14.1. The van der Waals surface area contributed by atoms with Crippen molar-refractivity contribution in [3.05, 3.63) is 28.3 Å². The van der Waals surface area contributed by atoms with Crippen molar-refractivity contribution in [3.63, 3.8) is 0 Å². The van der Waals surface area contributed by atoms with Gasteiger partial charge < -0.3 is 23.8 Å². The summed E-state index contributed by atoms with van der Waals surface area (Å²) in [7, 11) is -1.22. The zero-order valence-corrected chi connectivity index (χ0v) is 19.2. The Kier molecular flexibility index (Phi) is 6.05. The molecule has 2 bridgehead atoms. The second-order valence-electron chi connectivity index (χ2n) is 10.4. The number of carboxylic acids is 1. The summed E-state index contributed by atoms with van der Waals surface area (Å²) in [5, 5.41) is 20.6. The number of aromatic hydroxyl groups is 1. The van der Waals surface area contributed by atoms with Gasteiger partial charge in [-0.1, -0.05) is 47.6 Å². The number of aryl methyl sites for hydroxylation is 1. The maximum atomic E-state index is 11.3. The number of rotatable bonds is 5. The van der Waals surface area contributed by atoms with Crippen molar-refractivity contribution in [2.75, 3.05) is 19.8 Å². The number of phenolic OH excluding ortho intramolecular Hbond substituents is 1. The van der Waals surface area contributed by atoms with Crippen LogP contribution in [0.5, 0.6) is 5.75 Å². The van der Waals surface area contributed by atoms with Crippen LogP contribution in [-0.2, 0) is 42.0 Å². The molecule has 0 spiro atoms. The molecule has 3 aliphatic heterocycles. The number of phenols is 1. The summed E-state index contributed by atoms with van der Waals surface area (Å²) in [6.07, 6.45) is 1.09. The van der Waals surface area contributed by atoms with Gasteiger partial charge in [0.2, 0.25) is 0 Å². The first kappa shape index (κ1) is 22.5. The van der Waals surface area contributed by atoms with Gasteiger partial charge in [0.05, 0.1) is 19.8 Å². The van der Waals surface area contributed by atoms with Gasteiger partial charge in [-0.15, -0.1) is 0 Å². The van der Waals surface area contributed by atoms with Gasteiger partial charge in [-0.2, -0.15) is 0 Å². The Morgan fingerprint density at radius 2 is 1.62 bits per heavy atom. The minimum atomic E-state index is -1.22. The molecule has 3 heterocycles. The third-order valence-corrected chi connectivity index (χ3v) is 6.67. The fourth-order valence-corrected chi connectivity index (χ4v) is 5.51. The van der Waals surface area contributed by atoms with Crippen molar-refractivity contribution < 1.29 is 28.6 Å². The van der Waals surface area contributed by atoms with E-state index in [2.05, 4.69) is 41.5 Å². The molecule has 162 valence electrons. The van der Waals surface area contributed by atoms with Crippen molar-refractivity contribution >= 4 is 14.6 Å². The van der Waals surface area contributed by atoms with E-state index in [1.54, 1.807) is 0 Å². The summed E-state index contributed by atoms with van der Waals surface area (Å²) in [5.41, 5.74) is 2.83. The maximum Gasteiger partial charge on any atom is 0.332 e. The molecule has 3 fully saturated rings. The molecule has 3 saturated heterocycles. The third kappa shape index (κ3) is 4.77. The lowest BCUT2D eigenvalue weighted by Crippen LogP contribution is -2.45. The number of carboxylic acid groups (broad SMARTS) is 1. The molecule has 0 saturated carbocycles. The standard InChI is InChI=1S/C22H33O6P/c1-20(2,3)16-9-14(7-8-17(23)24)15(18(19(16)25)21(4,5)6)10-22-11-26-29(27-12-22)28-13-22/h9,25H,7-8,10-13H2,1-6H3,(H,23,24). The lowest BCUT2D eigenvalue weighted by atomic mass is 9.71. The molecule has 6 nitrogen and oxygen atoms in total. The van der Waals surface area contributed by atoms with Gasteiger partial charge in [0, 0.05) is 17.4 Å². The Bertz CT molecular complexity index is 768. The number of hydrogen-bond donors (Lipinski definition) is 2. The van der Waals surface area contributed by atoms with Gasteiger partial charge in [-0.25, -0.2) is 0 Å². The van der Waals surface area contributed by atoms with E-state index in [1.807, 2.05) is 6.07 Å². The fraction of sp³-hybridized carbons (Fsp3) is 0.682. The van der Waals surface area contributed by atoms with Gasteiger partial charge in [-0.05, 0) is 40.4 Å². The van der Waals surface area contributed by atoms with Crippen LogP contribution in [-0.4, -0.2) is 36.0 Å². The van der Waals surface area contributed by atoms with E-state index < -0.39 is 14.6 Å². The summed E-state index contributed by atoms with van der Waals surface area (Å²) in [4.78, 5) is 11.3. The Morgan fingerprint density at radius 1 is 1.07 bits per heavy atom. The molecule has 0 amide bonds. The van der Waals surface area contributed by atoms with Gasteiger partial charge in [0.15, 0.2) is 0 Å². The fourth-order valence-electron chi connectivity index (χ4n) is 4.15. The van der Waals surface area contributed by atoms with Gasteiger partial charge in [0.25, 0.3) is 0 Å². The normalized spacial score (nSPS) is 24.7. The Labute approximate surface area is 174 Å². The molecule has 4 rings (SSSR count). The van der Waals surface area contributed by atoms with Crippen molar-refractivity contribution in [1.82, 2.24) is 0 Å². The summed E-state index contributed by atoms with van der Waals surface area (Å²) in [6, 6.07) is 2.00. The average Bonchev–Trinajstić information content (AvgIpc) is 2.60. The molecular weight excluding hydrogens is 391 g/mol. The minimum Gasteiger partial charge on any atom is -0.507 e. The molecule has 29 heavy (non-hydrogen) atoms. The Morgan fingerprint density at radius 3 is 2.07 bits per heavy atom. The lowest BCUT2D eigenvalue weighted by molar-refractivity contribution is -0.136. The van der Waals surface area contributed by atoms with E-state index in [9.17, 15) is 15.0 Å². The molecule has 1 aromatic carbocycles. The van der Waals surface area contributed by atoms with Gasteiger partial charge >= 0.3 is 14.6 Å². The van der Waals surface area contributed by atoms with Crippen molar-refractivity contribution in [3.8, 4) is 5.75 Å². The van der Waals surface area contributed by atoms with Crippen LogP contribution in [0.3, 0.4) is 0 Å². The maximum absolute atomic E-state index is 11.3. The number of benzene rings is 1. The van der Waals surface area contributed by atoms with Crippen LogP contribution in [0, 0.1) is 5.41 Å². The number of fused-ring (bicyclic) bond motifs is 3.